The molecule has 0 bridgehead atoms. The minimum atomic E-state index is -1.40. The molecule has 3 rings (SSSR count). The van der Waals surface area contributed by atoms with Gasteiger partial charge >= 0.3 is 5.97 Å². The highest BCUT2D eigenvalue weighted by Crippen LogP contribution is 2.30. The molecule has 2 N–H and O–H groups in total. The molecule has 0 aliphatic heterocycles. The average molecular weight is 450 g/mol. The monoisotopic (exact) mass is 449 g/mol. The Morgan fingerprint density at radius 3 is 2.61 bits per heavy atom. The van der Waals surface area contributed by atoms with E-state index >= 15 is 0 Å². The van der Waals surface area contributed by atoms with Gasteiger partial charge in [0.05, 0.1) is 36.9 Å². The third-order valence-electron chi connectivity index (χ3n) is 5.04. The number of carbonyl (C=O) groups is 1. The summed E-state index contributed by atoms with van der Waals surface area (Å²) in [4.78, 5) is 24.6. The van der Waals surface area contributed by atoms with Crippen molar-refractivity contribution in [2.24, 2.45) is 0 Å². The van der Waals surface area contributed by atoms with Gasteiger partial charge in [-0.25, -0.2) is 9.18 Å². The van der Waals surface area contributed by atoms with Crippen LogP contribution < -0.4 is 10.2 Å². The second-order valence-corrected chi connectivity index (χ2v) is 7.35. The van der Waals surface area contributed by atoms with Crippen LogP contribution in [0.3, 0.4) is 0 Å². The summed E-state index contributed by atoms with van der Waals surface area (Å²) in [5.74, 6) is -1.60. The van der Waals surface area contributed by atoms with Crippen LogP contribution in [-0.2, 0) is 11.2 Å². The van der Waals surface area contributed by atoms with Gasteiger partial charge in [0.25, 0.3) is 0 Å². The number of rotatable bonds is 8. The molecule has 0 aliphatic rings. The number of hydrogen-bond donors (Lipinski definition) is 2. The van der Waals surface area contributed by atoms with Crippen LogP contribution in [0.5, 0.6) is 5.75 Å². The average Bonchev–Trinajstić information content (AvgIpc) is 2.75. The van der Waals surface area contributed by atoms with Crippen molar-refractivity contribution in [1.29, 1.82) is 0 Å². The lowest BCUT2D eigenvalue weighted by molar-refractivity contribution is 0.0692. The lowest BCUT2D eigenvalue weighted by atomic mass is 10.00. The molecule has 1 aromatic heterocycles. The van der Waals surface area contributed by atoms with Gasteiger partial charge in [0, 0.05) is 31.2 Å². The highest BCUT2D eigenvalue weighted by atomic mass is 35.5. The lowest BCUT2D eigenvalue weighted by Crippen LogP contribution is -2.25. The number of carboxylic acid groups (broad SMARTS) is 1. The summed E-state index contributed by atoms with van der Waals surface area (Å²) in [6.45, 7) is -0.256. The number of halogens is 2. The number of aromatic nitrogens is 1. The zero-order chi connectivity index (χ0) is 22.7. The fourth-order valence-corrected chi connectivity index (χ4v) is 3.70. The molecular weight excluding hydrogens is 429 g/mol. The smallest absolute Gasteiger partial charge is 0.341 e. The van der Waals surface area contributed by atoms with E-state index in [4.69, 9.17) is 21.1 Å². The fraction of sp³-hybridized carbons (Fsp3) is 0.273. The molecular formula is C22H21ClFNO6. The van der Waals surface area contributed by atoms with E-state index in [1.165, 1.54) is 37.1 Å². The summed E-state index contributed by atoms with van der Waals surface area (Å²) in [7, 11) is 2.88. The number of ether oxygens (including phenoxy) is 2. The van der Waals surface area contributed by atoms with E-state index in [0.717, 1.165) is 0 Å². The summed E-state index contributed by atoms with van der Waals surface area (Å²) in [6, 6.07) is 7.03. The van der Waals surface area contributed by atoms with Crippen molar-refractivity contribution in [3.8, 4) is 5.75 Å². The predicted molar refractivity (Wildman–Crippen MR) is 114 cm³/mol. The van der Waals surface area contributed by atoms with Crippen LogP contribution in [0, 0.1) is 5.82 Å². The van der Waals surface area contributed by atoms with E-state index < -0.39 is 28.8 Å². The topological polar surface area (TPSA) is 98.0 Å². The number of aliphatic hydroxyl groups excluding tert-OH is 1. The van der Waals surface area contributed by atoms with Crippen LogP contribution in [0.1, 0.15) is 27.5 Å². The number of benzene rings is 2. The largest absolute Gasteiger partial charge is 0.496 e. The van der Waals surface area contributed by atoms with Crippen molar-refractivity contribution < 1.29 is 28.9 Å². The number of aromatic carboxylic acids is 1. The number of hydrogen-bond acceptors (Lipinski definition) is 5. The molecule has 2 aromatic carbocycles. The van der Waals surface area contributed by atoms with Crippen molar-refractivity contribution in [3.05, 3.63) is 74.3 Å². The molecule has 0 fully saturated rings. The van der Waals surface area contributed by atoms with Gasteiger partial charge in [-0.05, 0) is 23.3 Å². The van der Waals surface area contributed by atoms with Crippen molar-refractivity contribution in [3.63, 3.8) is 0 Å². The van der Waals surface area contributed by atoms with Crippen LogP contribution in [0.25, 0.3) is 10.9 Å². The first-order valence-corrected chi connectivity index (χ1v) is 9.71. The van der Waals surface area contributed by atoms with Gasteiger partial charge in [0.2, 0.25) is 5.43 Å². The van der Waals surface area contributed by atoms with Crippen LogP contribution in [-0.4, -0.2) is 48.2 Å². The van der Waals surface area contributed by atoms with E-state index in [9.17, 15) is 24.2 Å². The molecule has 1 atom stereocenters. The second kappa shape index (κ2) is 9.47. The predicted octanol–water partition coefficient (Wildman–Crippen LogP) is 3.27. The van der Waals surface area contributed by atoms with Crippen LogP contribution in [0.15, 0.2) is 41.3 Å². The van der Waals surface area contributed by atoms with Crippen molar-refractivity contribution in [1.82, 2.24) is 4.57 Å². The fourth-order valence-electron chi connectivity index (χ4n) is 3.51. The lowest BCUT2D eigenvalue weighted by Gasteiger charge is -2.22. The highest BCUT2D eigenvalue weighted by molar-refractivity contribution is 6.30. The molecule has 1 unspecified atom stereocenters. The number of carboxylic acids is 1. The number of aliphatic hydroxyl groups is 1. The SMILES string of the molecule is COCC(CO)n1cc(C(=O)O)c(=O)c2cc(Cc3cccc(Cl)c3F)c(OC)cc21. The van der Waals surface area contributed by atoms with Crippen LogP contribution in [0.2, 0.25) is 5.02 Å². The third-order valence-corrected chi connectivity index (χ3v) is 5.33. The molecule has 9 heteroatoms. The Kier molecular flexibility index (Phi) is 6.94. The van der Waals surface area contributed by atoms with Crippen LogP contribution in [0.4, 0.5) is 4.39 Å². The first kappa shape index (κ1) is 22.7. The number of methoxy groups -OCH3 is 2. The Morgan fingerprint density at radius 1 is 1.26 bits per heavy atom. The molecule has 164 valence electrons. The normalized spacial score (nSPS) is 12.2. The van der Waals surface area contributed by atoms with Crippen molar-refractivity contribution >= 4 is 28.5 Å². The van der Waals surface area contributed by atoms with Gasteiger partial charge in [0.15, 0.2) is 0 Å². The molecule has 0 amide bonds. The summed E-state index contributed by atoms with van der Waals surface area (Å²) >= 11 is 5.87. The first-order valence-electron chi connectivity index (χ1n) is 9.34. The Morgan fingerprint density at radius 2 is 2.00 bits per heavy atom. The Bertz CT molecular complexity index is 1190. The first-order chi connectivity index (χ1) is 14.8. The Hall–Kier alpha value is -2.94. The van der Waals surface area contributed by atoms with E-state index in [2.05, 4.69) is 0 Å². The molecule has 0 radical (unpaired) electrons. The highest BCUT2D eigenvalue weighted by Gasteiger charge is 2.21. The maximum Gasteiger partial charge on any atom is 0.341 e. The van der Waals surface area contributed by atoms with Gasteiger partial charge in [-0.2, -0.15) is 0 Å². The van der Waals surface area contributed by atoms with E-state index in [1.54, 1.807) is 18.2 Å². The summed E-state index contributed by atoms with van der Waals surface area (Å²) < 4.78 is 26.5. The molecule has 0 aliphatic carbocycles. The maximum atomic E-state index is 14.4. The second-order valence-electron chi connectivity index (χ2n) is 6.95. The van der Waals surface area contributed by atoms with Gasteiger partial charge in [-0.15, -0.1) is 0 Å². The summed E-state index contributed by atoms with van der Waals surface area (Å²) in [5.41, 5.74) is -0.00387. The molecule has 1 heterocycles. The summed E-state index contributed by atoms with van der Waals surface area (Å²) in [6.07, 6.45) is 1.26. The Balaban J connectivity index is 2.29. The van der Waals surface area contributed by atoms with Gasteiger partial charge in [-0.3, -0.25) is 4.79 Å². The quantitative estimate of drug-likeness (QED) is 0.547. The molecule has 0 saturated carbocycles. The number of nitrogens with zero attached hydrogens (tertiary/aromatic N) is 1. The van der Waals surface area contributed by atoms with Gasteiger partial charge in [0.1, 0.15) is 17.1 Å². The molecule has 7 nitrogen and oxygen atoms in total. The van der Waals surface area contributed by atoms with E-state index in [-0.39, 0.29) is 30.0 Å². The third kappa shape index (κ3) is 4.41. The zero-order valence-electron chi connectivity index (χ0n) is 16.9. The standard InChI is InChI=1S/C22H21ClFNO6/c1-30-11-14(10-26)25-9-16(22(28)29)21(27)15-7-13(19(31-2)8-18(15)25)6-12-4-3-5-17(23)20(12)24/h3-5,7-9,14,26H,6,10-11H2,1-2H3,(H,28,29). The maximum absolute atomic E-state index is 14.4. The molecule has 3 aromatic rings. The van der Waals surface area contributed by atoms with E-state index in [0.29, 0.717) is 22.4 Å². The molecule has 31 heavy (non-hydrogen) atoms. The van der Waals surface area contributed by atoms with Crippen molar-refractivity contribution in [2.45, 2.75) is 12.5 Å². The molecule has 0 saturated heterocycles. The van der Waals surface area contributed by atoms with Gasteiger partial charge < -0.3 is 24.3 Å². The van der Waals surface area contributed by atoms with Crippen molar-refractivity contribution in [2.75, 3.05) is 27.4 Å². The summed E-state index contributed by atoms with van der Waals surface area (Å²) in [5, 5.41) is 19.4. The Labute approximate surface area is 182 Å². The van der Waals surface area contributed by atoms with Gasteiger partial charge in [-0.1, -0.05) is 23.7 Å². The minimum Gasteiger partial charge on any atom is -0.496 e. The number of fused-ring (bicyclic) bond motifs is 1. The van der Waals surface area contributed by atoms with Crippen LogP contribution >= 0.6 is 11.6 Å². The van der Waals surface area contributed by atoms with E-state index in [1.807, 2.05) is 0 Å². The minimum absolute atomic E-state index is 0.0295. The molecule has 0 spiro atoms. The number of pyridine rings is 1. The zero-order valence-corrected chi connectivity index (χ0v) is 17.6.